The maximum absolute atomic E-state index is 13.8. The first-order chi connectivity index (χ1) is 9.41. The Morgan fingerprint density at radius 3 is 2.75 bits per heavy atom. The van der Waals surface area contributed by atoms with Crippen molar-refractivity contribution in [1.82, 2.24) is 4.57 Å². The van der Waals surface area contributed by atoms with E-state index in [9.17, 15) is 18.4 Å². The average Bonchev–Trinajstić information content (AvgIpc) is 2.39. The molecule has 1 aromatic heterocycles. The first-order valence-corrected chi connectivity index (χ1v) is 6.44. The smallest absolute Gasteiger partial charge is 0.341 e. The fraction of sp³-hybridized carbons (Fsp3) is 0.0769. The minimum Gasteiger partial charge on any atom is -0.477 e. The van der Waals surface area contributed by atoms with Gasteiger partial charge in [-0.15, -0.1) is 0 Å². The standard InChI is InChI=1S/C13H7F2NO3S/c1-5-4-20-12-9(15)8(14)2-6-10(12)16(5)3-7(11(6)17)13(18)19/h2-4H,1H3,(H,18,19). The third-order valence-electron chi connectivity index (χ3n) is 3.10. The summed E-state index contributed by atoms with van der Waals surface area (Å²) in [6, 6.07) is 0.749. The van der Waals surface area contributed by atoms with Crippen molar-refractivity contribution in [2.75, 3.05) is 0 Å². The number of benzene rings is 1. The number of hydrogen-bond donors (Lipinski definition) is 1. The number of hydrogen-bond acceptors (Lipinski definition) is 3. The highest BCUT2D eigenvalue weighted by Crippen LogP contribution is 2.37. The fourth-order valence-electron chi connectivity index (χ4n) is 2.14. The number of allylic oxidation sites excluding steroid dienone is 1. The van der Waals surface area contributed by atoms with Gasteiger partial charge in [0.2, 0.25) is 5.43 Å². The fourth-order valence-corrected chi connectivity index (χ4v) is 3.06. The van der Waals surface area contributed by atoms with Crippen LogP contribution in [0, 0.1) is 11.6 Å². The Bertz CT molecular complexity index is 870. The number of pyridine rings is 1. The Balaban J connectivity index is 2.61. The molecule has 0 radical (unpaired) electrons. The third-order valence-corrected chi connectivity index (χ3v) is 4.16. The summed E-state index contributed by atoms with van der Waals surface area (Å²) in [5.41, 5.74) is -0.474. The topological polar surface area (TPSA) is 59.3 Å². The number of aromatic carboxylic acids is 1. The Hall–Kier alpha value is -2.15. The molecule has 2 heterocycles. The lowest BCUT2D eigenvalue weighted by Gasteiger charge is -2.19. The lowest BCUT2D eigenvalue weighted by atomic mass is 10.1. The van der Waals surface area contributed by atoms with Gasteiger partial charge in [-0.3, -0.25) is 4.79 Å². The quantitative estimate of drug-likeness (QED) is 0.879. The summed E-state index contributed by atoms with van der Waals surface area (Å²) in [6.07, 6.45) is 1.14. The van der Waals surface area contributed by atoms with E-state index in [0.29, 0.717) is 5.70 Å². The van der Waals surface area contributed by atoms with Crippen LogP contribution in [0.4, 0.5) is 8.78 Å². The first-order valence-electron chi connectivity index (χ1n) is 5.56. The maximum atomic E-state index is 13.8. The molecule has 0 saturated heterocycles. The Morgan fingerprint density at radius 2 is 2.10 bits per heavy atom. The molecule has 2 aromatic rings. The van der Waals surface area contributed by atoms with Crippen molar-refractivity contribution in [2.24, 2.45) is 0 Å². The first kappa shape index (κ1) is 12.9. The second-order valence-corrected chi connectivity index (χ2v) is 5.20. The zero-order valence-corrected chi connectivity index (χ0v) is 10.9. The minimum atomic E-state index is -1.40. The van der Waals surface area contributed by atoms with Crippen LogP contribution in [0.3, 0.4) is 0 Å². The van der Waals surface area contributed by atoms with Crippen molar-refractivity contribution in [1.29, 1.82) is 0 Å². The molecule has 1 N–H and O–H groups in total. The second kappa shape index (κ2) is 4.17. The van der Waals surface area contributed by atoms with E-state index in [0.717, 1.165) is 24.0 Å². The van der Waals surface area contributed by atoms with E-state index in [1.165, 1.54) is 4.57 Å². The van der Waals surface area contributed by atoms with Gasteiger partial charge in [0.15, 0.2) is 11.6 Å². The normalized spacial score (nSPS) is 13.4. The van der Waals surface area contributed by atoms with Gasteiger partial charge in [-0.05, 0) is 18.4 Å². The molecule has 0 fully saturated rings. The predicted octanol–water partition coefficient (Wildman–Crippen LogP) is 2.90. The van der Waals surface area contributed by atoms with Crippen LogP contribution in [0.15, 0.2) is 27.4 Å². The molecular formula is C13H7F2NO3S. The van der Waals surface area contributed by atoms with Crippen LogP contribution in [-0.4, -0.2) is 15.6 Å². The lowest BCUT2D eigenvalue weighted by molar-refractivity contribution is 0.0695. The van der Waals surface area contributed by atoms with Gasteiger partial charge in [-0.2, -0.15) is 0 Å². The monoisotopic (exact) mass is 295 g/mol. The van der Waals surface area contributed by atoms with Crippen LogP contribution in [0.2, 0.25) is 0 Å². The van der Waals surface area contributed by atoms with Crippen LogP contribution < -0.4 is 5.43 Å². The number of carbonyl (C=O) groups is 1. The molecule has 0 spiro atoms. The van der Waals surface area contributed by atoms with E-state index in [1.807, 2.05) is 0 Å². The van der Waals surface area contributed by atoms with Gasteiger partial charge in [0.05, 0.1) is 15.8 Å². The van der Waals surface area contributed by atoms with Gasteiger partial charge in [0, 0.05) is 11.9 Å². The van der Waals surface area contributed by atoms with Gasteiger partial charge in [-0.25, -0.2) is 13.6 Å². The number of rotatable bonds is 1. The zero-order valence-electron chi connectivity index (χ0n) is 10.1. The molecule has 0 aliphatic carbocycles. The Morgan fingerprint density at radius 1 is 1.40 bits per heavy atom. The molecule has 0 saturated carbocycles. The molecule has 1 aromatic carbocycles. The molecule has 0 amide bonds. The summed E-state index contributed by atoms with van der Waals surface area (Å²) in [7, 11) is 0. The van der Waals surface area contributed by atoms with E-state index in [4.69, 9.17) is 5.11 Å². The van der Waals surface area contributed by atoms with Gasteiger partial charge in [-0.1, -0.05) is 11.8 Å². The summed E-state index contributed by atoms with van der Waals surface area (Å²) in [6.45, 7) is 1.69. The molecule has 0 atom stereocenters. The lowest BCUT2D eigenvalue weighted by Crippen LogP contribution is -2.20. The van der Waals surface area contributed by atoms with Crippen LogP contribution in [0.5, 0.6) is 0 Å². The molecule has 3 rings (SSSR count). The van der Waals surface area contributed by atoms with Crippen LogP contribution in [-0.2, 0) is 0 Å². The maximum Gasteiger partial charge on any atom is 0.341 e. The summed E-state index contributed by atoms with van der Waals surface area (Å²) in [4.78, 5) is 23.1. The van der Waals surface area contributed by atoms with Crippen LogP contribution >= 0.6 is 11.8 Å². The third kappa shape index (κ3) is 1.59. The van der Waals surface area contributed by atoms with Gasteiger partial charge < -0.3 is 9.67 Å². The number of carboxylic acid groups (broad SMARTS) is 1. The van der Waals surface area contributed by atoms with Crippen molar-refractivity contribution >= 4 is 34.3 Å². The molecule has 102 valence electrons. The molecule has 1 aliphatic rings. The highest BCUT2D eigenvalue weighted by molar-refractivity contribution is 8.02. The molecule has 20 heavy (non-hydrogen) atoms. The van der Waals surface area contributed by atoms with Crippen molar-refractivity contribution in [2.45, 2.75) is 11.8 Å². The summed E-state index contributed by atoms with van der Waals surface area (Å²) in [5.74, 6) is -3.61. The van der Waals surface area contributed by atoms with Crippen molar-refractivity contribution in [3.05, 3.63) is 45.1 Å². The van der Waals surface area contributed by atoms with Crippen molar-refractivity contribution in [3.63, 3.8) is 0 Å². The molecule has 4 nitrogen and oxygen atoms in total. The number of nitrogens with zero attached hydrogens (tertiary/aromatic N) is 1. The second-order valence-electron chi connectivity index (χ2n) is 4.32. The number of aromatic nitrogens is 1. The molecule has 7 heteroatoms. The largest absolute Gasteiger partial charge is 0.477 e. The Kier molecular flexibility index (Phi) is 2.68. The highest BCUT2D eigenvalue weighted by Gasteiger charge is 2.24. The molecular weight excluding hydrogens is 288 g/mol. The summed E-state index contributed by atoms with van der Waals surface area (Å²) >= 11 is 0.969. The summed E-state index contributed by atoms with van der Waals surface area (Å²) < 4.78 is 28.8. The number of halogens is 2. The number of carboxylic acids is 1. The van der Waals surface area contributed by atoms with E-state index in [2.05, 4.69) is 0 Å². The van der Waals surface area contributed by atoms with E-state index >= 15 is 0 Å². The summed E-state index contributed by atoms with van der Waals surface area (Å²) in [5, 5.41) is 10.5. The predicted molar refractivity (Wildman–Crippen MR) is 70.9 cm³/mol. The van der Waals surface area contributed by atoms with Gasteiger partial charge in [0.1, 0.15) is 5.56 Å². The van der Waals surface area contributed by atoms with Crippen LogP contribution in [0.1, 0.15) is 17.3 Å². The molecule has 0 unspecified atom stereocenters. The van der Waals surface area contributed by atoms with Crippen molar-refractivity contribution < 1.29 is 18.7 Å². The minimum absolute atomic E-state index is 0.0142. The van der Waals surface area contributed by atoms with Crippen molar-refractivity contribution in [3.8, 4) is 0 Å². The van der Waals surface area contributed by atoms with Crippen LogP contribution in [0.25, 0.3) is 16.6 Å². The van der Waals surface area contributed by atoms with E-state index < -0.39 is 28.6 Å². The van der Waals surface area contributed by atoms with E-state index in [-0.39, 0.29) is 15.8 Å². The molecule has 1 aliphatic heterocycles. The highest BCUT2D eigenvalue weighted by atomic mass is 32.2. The number of thioether (sulfide) groups is 1. The zero-order chi connectivity index (χ0) is 14.6. The molecule has 0 bridgehead atoms. The van der Waals surface area contributed by atoms with Gasteiger partial charge in [0.25, 0.3) is 0 Å². The SMILES string of the molecule is CC1=CSc2c(F)c(F)cc3c(=O)c(C(=O)O)cn1c23. The Labute approximate surface area is 115 Å². The van der Waals surface area contributed by atoms with E-state index in [1.54, 1.807) is 12.3 Å². The average molecular weight is 295 g/mol. The van der Waals surface area contributed by atoms with Gasteiger partial charge >= 0.3 is 5.97 Å².